The van der Waals surface area contributed by atoms with Crippen molar-refractivity contribution in [1.82, 2.24) is 14.1 Å². The first kappa shape index (κ1) is 24.9. The minimum absolute atomic E-state index is 0.0816. The summed E-state index contributed by atoms with van der Waals surface area (Å²) < 4.78 is 43.5. The van der Waals surface area contributed by atoms with E-state index in [1.165, 1.54) is 22.5 Å². The van der Waals surface area contributed by atoms with E-state index in [0.717, 1.165) is 22.9 Å². The predicted molar refractivity (Wildman–Crippen MR) is 139 cm³/mol. The van der Waals surface area contributed by atoms with Crippen LogP contribution in [0, 0.1) is 12.7 Å². The van der Waals surface area contributed by atoms with Gasteiger partial charge in [-0.25, -0.2) is 12.8 Å². The highest BCUT2D eigenvalue weighted by molar-refractivity contribution is 7.89. The molecule has 1 aliphatic rings. The Morgan fingerprint density at radius 2 is 1.76 bits per heavy atom. The lowest BCUT2D eigenvalue weighted by Gasteiger charge is -2.28. The molecule has 0 unspecified atom stereocenters. The number of hydrogen-bond donors (Lipinski definition) is 0. The SMILES string of the molecule is Cc1ccc(C(=O)N(Cc2nn(C)c3c2CN(S(=O)(=O)c2cccc(F)c2)CC3)c2ccccc2)cc1. The zero-order chi connectivity index (χ0) is 26.2. The van der Waals surface area contributed by atoms with Crippen molar-refractivity contribution >= 4 is 21.6 Å². The molecule has 1 amide bonds. The first-order valence-corrected chi connectivity index (χ1v) is 13.4. The van der Waals surface area contributed by atoms with E-state index >= 15 is 0 Å². The average Bonchev–Trinajstić information content (AvgIpc) is 3.22. The maximum Gasteiger partial charge on any atom is 0.258 e. The maximum atomic E-state index is 13.8. The molecule has 0 N–H and O–H groups in total. The second kappa shape index (κ2) is 9.91. The zero-order valence-electron chi connectivity index (χ0n) is 20.6. The minimum atomic E-state index is -3.90. The third-order valence-corrected chi connectivity index (χ3v) is 8.48. The van der Waals surface area contributed by atoms with Crippen molar-refractivity contribution in [1.29, 1.82) is 0 Å². The standard InChI is InChI=1S/C28H27FN4O3S/c1-20-11-13-21(14-12-20)28(34)33(23-8-4-3-5-9-23)19-26-25-18-32(16-15-27(25)31(2)30-26)37(35,36)24-10-6-7-22(29)17-24/h3-14,17H,15-16,18-19H2,1-2H3. The van der Waals surface area contributed by atoms with Crippen LogP contribution in [-0.4, -0.2) is 35.0 Å². The van der Waals surface area contributed by atoms with Crippen LogP contribution in [0.1, 0.15) is 32.9 Å². The number of carbonyl (C=O) groups excluding carboxylic acids is 1. The zero-order valence-corrected chi connectivity index (χ0v) is 21.5. The summed E-state index contributed by atoms with van der Waals surface area (Å²) in [7, 11) is -2.08. The number of sulfonamides is 1. The third kappa shape index (κ3) is 4.92. The van der Waals surface area contributed by atoms with Crippen LogP contribution in [0.3, 0.4) is 0 Å². The second-order valence-electron chi connectivity index (χ2n) is 9.13. The Balaban J connectivity index is 1.49. The Morgan fingerprint density at radius 3 is 2.46 bits per heavy atom. The van der Waals surface area contributed by atoms with Crippen LogP contribution >= 0.6 is 0 Å². The average molecular weight is 519 g/mol. The van der Waals surface area contributed by atoms with E-state index in [-0.39, 0.29) is 30.4 Å². The first-order chi connectivity index (χ1) is 17.7. The van der Waals surface area contributed by atoms with Crippen LogP contribution in [0.15, 0.2) is 83.8 Å². The molecule has 0 bridgehead atoms. The number of aromatic nitrogens is 2. The number of fused-ring (bicyclic) bond motifs is 1. The molecule has 0 saturated heterocycles. The van der Waals surface area contributed by atoms with Crippen LogP contribution in [0.25, 0.3) is 0 Å². The minimum Gasteiger partial charge on any atom is -0.302 e. The quantitative estimate of drug-likeness (QED) is 0.378. The Bertz CT molecular complexity index is 1550. The van der Waals surface area contributed by atoms with Gasteiger partial charge in [0.05, 0.1) is 17.1 Å². The fourth-order valence-electron chi connectivity index (χ4n) is 4.64. The van der Waals surface area contributed by atoms with Gasteiger partial charge in [-0.05, 0) is 49.4 Å². The van der Waals surface area contributed by atoms with Gasteiger partial charge in [0.1, 0.15) is 5.82 Å². The number of anilines is 1. The second-order valence-corrected chi connectivity index (χ2v) is 11.1. The van der Waals surface area contributed by atoms with Gasteiger partial charge < -0.3 is 4.90 Å². The first-order valence-electron chi connectivity index (χ1n) is 12.0. The molecule has 0 saturated carbocycles. The van der Waals surface area contributed by atoms with E-state index in [9.17, 15) is 17.6 Å². The molecule has 9 heteroatoms. The summed E-state index contributed by atoms with van der Waals surface area (Å²) >= 11 is 0. The number of rotatable bonds is 6. The van der Waals surface area contributed by atoms with Crippen LogP contribution in [-0.2, 0) is 36.6 Å². The summed E-state index contributed by atoms with van der Waals surface area (Å²) in [6, 6.07) is 21.8. The van der Waals surface area contributed by atoms with Crippen molar-refractivity contribution in [3.63, 3.8) is 0 Å². The Morgan fingerprint density at radius 1 is 1.03 bits per heavy atom. The molecule has 1 aromatic heterocycles. The molecule has 0 fully saturated rings. The van der Waals surface area contributed by atoms with Crippen molar-refractivity contribution < 1.29 is 17.6 Å². The molecule has 2 heterocycles. The molecule has 190 valence electrons. The van der Waals surface area contributed by atoms with Gasteiger partial charge in [-0.3, -0.25) is 9.48 Å². The van der Waals surface area contributed by atoms with Gasteiger partial charge in [0.15, 0.2) is 0 Å². The number of nitrogens with zero attached hydrogens (tertiary/aromatic N) is 4. The van der Waals surface area contributed by atoms with E-state index in [0.29, 0.717) is 23.4 Å². The summed E-state index contributed by atoms with van der Waals surface area (Å²) in [6.07, 6.45) is 0.463. The summed E-state index contributed by atoms with van der Waals surface area (Å²) in [5.74, 6) is -0.778. The maximum absolute atomic E-state index is 13.8. The van der Waals surface area contributed by atoms with Crippen molar-refractivity contribution in [3.8, 4) is 0 Å². The van der Waals surface area contributed by atoms with Crippen LogP contribution in [0.4, 0.5) is 10.1 Å². The van der Waals surface area contributed by atoms with E-state index in [4.69, 9.17) is 5.10 Å². The largest absolute Gasteiger partial charge is 0.302 e. The van der Waals surface area contributed by atoms with Crippen LogP contribution < -0.4 is 4.90 Å². The number of amides is 1. The summed E-state index contributed by atoms with van der Waals surface area (Å²) in [4.78, 5) is 15.2. The van der Waals surface area contributed by atoms with E-state index in [1.807, 2.05) is 56.4 Å². The number of benzene rings is 3. The number of carbonyl (C=O) groups is 1. The number of para-hydroxylation sites is 1. The van der Waals surface area contributed by atoms with E-state index < -0.39 is 15.8 Å². The number of aryl methyl sites for hydroxylation is 2. The number of halogens is 1. The number of hydrogen-bond acceptors (Lipinski definition) is 4. The van der Waals surface area contributed by atoms with Crippen molar-refractivity contribution in [2.24, 2.45) is 7.05 Å². The molecular weight excluding hydrogens is 491 g/mol. The molecular formula is C28H27FN4O3S. The fraction of sp³-hybridized carbons (Fsp3) is 0.214. The van der Waals surface area contributed by atoms with Crippen LogP contribution in [0.2, 0.25) is 0 Å². The Kier molecular flexibility index (Phi) is 6.66. The van der Waals surface area contributed by atoms with Crippen molar-refractivity contribution in [2.45, 2.75) is 31.3 Å². The highest BCUT2D eigenvalue weighted by Gasteiger charge is 2.33. The molecule has 3 aromatic carbocycles. The molecule has 0 aliphatic carbocycles. The smallest absolute Gasteiger partial charge is 0.258 e. The van der Waals surface area contributed by atoms with Crippen LogP contribution in [0.5, 0.6) is 0 Å². The topological polar surface area (TPSA) is 75.5 Å². The van der Waals surface area contributed by atoms with Gasteiger partial charge >= 0.3 is 0 Å². The summed E-state index contributed by atoms with van der Waals surface area (Å²) in [5, 5.41) is 4.69. The molecule has 5 rings (SSSR count). The lowest BCUT2D eigenvalue weighted by Crippen LogP contribution is -2.37. The van der Waals surface area contributed by atoms with Gasteiger partial charge in [0.25, 0.3) is 5.91 Å². The molecule has 0 spiro atoms. The molecule has 0 atom stereocenters. The Labute approximate surface area is 215 Å². The van der Waals surface area contributed by atoms with Crippen molar-refractivity contribution in [3.05, 3.63) is 113 Å². The molecule has 0 radical (unpaired) electrons. The summed E-state index contributed by atoms with van der Waals surface area (Å²) in [6.45, 7) is 2.50. The summed E-state index contributed by atoms with van der Waals surface area (Å²) in [5.41, 5.74) is 4.65. The lowest BCUT2D eigenvalue weighted by molar-refractivity contribution is 0.0984. The normalized spacial score (nSPS) is 13.8. The monoisotopic (exact) mass is 518 g/mol. The van der Waals surface area contributed by atoms with E-state index in [2.05, 4.69) is 0 Å². The highest BCUT2D eigenvalue weighted by atomic mass is 32.2. The highest BCUT2D eigenvalue weighted by Crippen LogP contribution is 2.29. The molecule has 7 nitrogen and oxygen atoms in total. The van der Waals surface area contributed by atoms with Gasteiger partial charge in [-0.1, -0.05) is 42.0 Å². The van der Waals surface area contributed by atoms with Gasteiger partial charge in [-0.2, -0.15) is 9.40 Å². The van der Waals surface area contributed by atoms with Gasteiger partial charge in [0.2, 0.25) is 10.0 Å². The Hall–Kier alpha value is -3.82. The lowest BCUT2D eigenvalue weighted by atomic mass is 10.1. The predicted octanol–water partition coefficient (Wildman–Crippen LogP) is 4.46. The fourth-order valence-corrected chi connectivity index (χ4v) is 6.08. The molecule has 37 heavy (non-hydrogen) atoms. The van der Waals surface area contributed by atoms with Gasteiger partial charge in [0, 0.05) is 49.1 Å². The molecule has 1 aliphatic heterocycles. The van der Waals surface area contributed by atoms with Crippen molar-refractivity contribution in [2.75, 3.05) is 11.4 Å². The third-order valence-electron chi connectivity index (χ3n) is 6.64. The molecule has 4 aromatic rings. The van der Waals surface area contributed by atoms with Gasteiger partial charge in [-0.15, -0.1) is 0 Å². The van der Waals surface area contributed by atoms with E-state index in [1.54, 1.807) is 21.7 Å².